The second-order valence-electron chi connectivity index (χ2n) is 6.83. The average Bonchev–Trinajstić information content (AvgIpc) is 3.14. The van der Waals surface area contributed by atoms with E-state index < -0.39 is 10.0 Å². The van der Waals surface area contributed by atoms with Crippen LogP contribution in [-0.2, 0) is 14.8 Å². The molecule has 2 aromatic rings. The normalized spacial score (nSPS) is 15.9. The topological polar surface area (TPSA) is 82.6 Å². The number of hydrogen-bond donors (Lipinski definition) is 1. The molecule has 0 saturated carbocycles. The maximum absolute atomic E-state index is 12.4. The Morgan fingerprint density at radius 3 is 2.62 bits per heavy atom. The average molecular weight is 455 g/mol. The molecular weight excluding hydrogens is 432 g/mol. The molecule has 0 spiro atoms. The highest BCUT2D eigenvalue weighted by Crippen LogP contribution is 2.30. The Balaban J connectivity index is 1.48. The first-order valence-corrected chi connectivity index (χ1v) is 12.2. The fourth-order valence-corrected chi connectivity index (χ4v) is 4.77. The van der Waals surface area contributed by atoms with Gasteiger partial charge in [-0.1, -0.05) is 36.4 Å². The van der Waals surface area contributed by atoms with E-state index in [1.54, 1.807) is 6.07 Å². The van der Waals surface area contributed by atoms with Gasteiger partial charge in [0.15, 0.2) is 5.13 Å². The Morgan fingerprint density at radius 1 is 1.28 bits per heavy atom. The predicted octanol–water partition coefficient (Wildman–Crippen LogP) is 2.93. The fraction of sp³-hybridized carbons (Fsp3) is 0.368. The van der Waals surface area contributed by atoms with Crippen molar-refractivity contribution >= 4 is 44.0 Å². The summed E-state index contributed by atoms with van der Waals surface area (Å²) in [6.45, 7) is 6.78. The number of piperazine rings is 1. The fourth-order valence-electron chi connectivity index (χ4n) is 3.00. The van der Waals surface area contributed by atoms with E-state index in [4.69, 9.17) is 11.6 Å². The van der Waals surface area contributed by atoms with Gasteiger partial charge in [-0.25, -0.2) is 13.4 Å². The highest BCUT2D eigenvalue weighted by atomic mass is 35.5. The summed E-state index contributed by atoms with van der Waals surface area (Å²) in [6, 6.07) is 7.42. The van der Waals surface area contributed by atoms with Crippen LogP contribution in [0.1, 0.15) is 6.42 Å². The highest BCUT2D eigenvalue weighted by molar-refractivity contribution is 7.88. The van der Waals surface area contributed by atoms with Gasteiger partial charge in [-0.2, -0.15) is 4.31 Å². The number of thiazole rings is 1. The van der Waals surface area contributed by atoms with Gasteiger partial charge in [0.05, 0.1) is 11.9 Å². The molecule has 1 aliphatic rings. The van der Waals surface area contributed by atoms with Crippen LogP contribution in [0.5, 0.6) is 0 Å². The minimum atomic E-state index is -3.14. The van der Waals surface area contributed by atoms with Gasteiger partial charge in [-0.15, -0.1) is 11.3 Å². The lowest BCUT2D eigenvalue weighted by Crippen LogP contribution is -2.48. The van der Waals surface area contributed by atoms with E-state index in [-0.39, 0.29) is 5.91 Å². The Kier molecular flexibility index (Phi) is 7.07. The lowest BCUT2D eigenvalue weighted by molar-refractivity contribution is -0.113. The summed E-state index contributed by atoms with van der Waals surface area (Å²) in [5.74, 6) is -0.264. The van der Waals surface area contributed by atoms with Crippen LogP contribution in [0.3, 0.4) is 0 Å². The molecule has 1 N–H and O–H groups in total. The zero-order valence-corrected chi connectivity index (χ0v) is 18.5. The first kappa shape index (κ1) is 21.9. The van der Waals surface area contributed by atoms with E-state index >= 15 is 0 Å². The van der Waals surface area contributed by atoms with Crippen molar-refractivity contribution in [1.82, 2.24) is 14.2 Å². The summed E-state index contributed by atoms with van der Waals surface area (Å²) in [5.41, 5.74) is 1.99. The molecular formula is C19H23ClN4O3S2. The molecule has 29 heavy (non-hydrogen) atoms. The number of nitrogens with zero attached hydrogens (tertiary/aromatic N) is 3. The number of nitrogens with one attached hydrogen (secondary N) is 1. The van der Waals surface area contributed by atoms with Crippen LogP contribution >= 0.6 is 22.9 Å². The van der Waals surface area contributed by atoms with E-state index in [9.17, 15) is 13.2 Å². The summed E-state index contributed by atoms with van der Waals surface area (Å²) < 4.78 is 24.6. The van der Waals surface area contributed by atoms with Crippen molar-refractivity contribution in [2.45, 2.75) is 6.42 Å². The summed E-state index contributed by atoms with van der Waals surface area (Å²) in [5, 5.41) is 5.73. The Labute approximate surface area is 180 Å². The van der Waals surface area contributed by atoms with E-state index in [1.165, 1.54) is 21.9 Å². The third-order valence-corrected chi connectivity index (χ3v) is 7.12. The number of amides is 1. The number of sulfonamides is 1. The van der Waals surface area contributed by atoms with Crippen LogP contribution in [0, 0.1) is 0 Å². The van der Waals surface area contributed by atoms with Crippen LogP contribution in [0.25, 0.3) is 11.3 Å². The number of carbonyl (C=O) groups excluding carboxylic acids is 1. The van der Waals surface area contributed by atoms with Crippen LogP contribution in [-0.4, -0.2) is 67.5 Å². The van der Waals surface area contributed by atoms with Crippen LogP contribution < -0.4 is 5.32 Å². The Hall–Kier alpha value is -1.78. The van der Waals surface area contributed by atoms with Gasteiger partial charge in [0.1, 0.15) is 0 Å². The lowest BCUT2D eigenvalue weighted by Gasteiger charge is -2.33. The predicted molar refractivity (Wildman–Crippen MR) is 118 cm³/mol. The van der Waals surface area contributed by atoms with E-state index in [0.717, 1.165) is 5.56 Å². The summed E-state index contributed by atoms with van der Waals surface area (Å²) in [6.07, 6.45) is 1.73. The number of carbonyl (C=O) groups is 1. The van der Waals surface area contributed by atoms with E-state index in [2.05, 4.69) is 21.8 Å². The molecule has 1 amide bonds. The molecule has 0 atom stereocenters. The zero-order valence-electron chi connectivity index (χ0n) is 16.1. The first-order valence-electron chi connectivity index (χ1n) is 9.11. The van der Waals surface area contributed by atoms with Gasteiger partial charge in [0.2, 0.25) is 10.0 Å². The molecule has 0 bridgehead atoms. The third-order valence-electron chi connectivity index (χ3n) is 4.73. The zero-order chi connectivity index (χ0) is 21.0. The second-order valence-corrected chi connectivity index (χ2v) is 10.1. The molecule has 1 aromatic carbocycles. The number of aromatic nitrogens is 1. The standard InChI is InChI=1S/C19H23ClN4O3S2/c1-14(7-8-23-9-11-24(12-10-23)29(2,26)27)18(25)22-19-21-17(13-28-19)15-5-3-4-6-16(15)20/h3-6,13H,1,7-12H2,2H3,(H,21,22,25). The lowest BCUT2D eigenvalue weighted by atomic mass is 10.2. The van der Waals surface area contributed by atoms with Crippen LogP contribution in [0.2, 0.25) is 5.02 Å². The summed E-state index contributed by atoms with van der Waals surface area (Å²) in [7, 11) is -3.14. The summed E-state index contributed by atoms with van der Waals surface area (Å²) in [4.78, 5) is 19.0. The van der Waals surface area contributed by atoms with E-state index in [0.29, 0.717) is 60.6 Å². The van der Waals surface area contributed by atoms with Crippen LogP contribution in [0.15, 0.2) is 41.8 Å². The Bertz CT molecular complexity index is 998. The second kappa shape index (κ2) is 9.36. The van der Waals surface area contributed by atoms with E-state index in [1.807, 2.05) is 23.6 Å². The number of rotatable bonds is 7. The largest absolute Gasteiger partial charge is 0.300 e. The van der Waals surface area contributed by atoms with Gasteiger partial charge in [0, 0.05) is 54.3 Å². The van der Waals surface area contributed by atoms with Gasteiger partial charge < -0.3 is 4.90 Å². The molecule has 3 rings (SSSR count). The molecule has 0 unspecified atom stereocenters. The van der Waals surface area contributed by atoms with Crippen molar-refractivity contribution in [3.05, 3.63) is 46.8 Å². The minimum Gasteiger partial charge on any atom is -0.300 e. The smallest absolute Gasteiger partial charge is 0.252 e. The molecule has 2 heterocycles. The van der Waals surface area contributed by atoms with Crippen molar-refractivity contribution in [3.63, 3.8) is 0 Å². The molecule has 0 radical (unpaired) electrons. The molecule has 0 aliphatic carbocycles. The minimum absolute atomic E-state index is 0.264. The van der Waals surface area contributed by atoms with Gasteiger partial charge >= 0.3 is 0 Å². The van der Waals surface area contributed by atoms with Crippen molar-refractivity contribution in [1.29, 1.82) is 0 Å². The number of benzene rings is 1. The number of anilines is 1. The molecule has 156 valence electrons. The molecule has 1 aromatic heterocycles. The summed E-state index contributed by atoms with van der Waals surface area (Å²) >= 11 is 7.53. The first-order chi connectivity index (χ1) is 13.7. The molecule has 1 fully saturated rings. The van der Waals surface area contributed by atoms with Crippen molar-refractivity contribution in [3.8, 4) is 11.3 Å². The number of hydrogen-bond acceptors (Lipinski definition) is 6. The molecule has 7 nitrogen and oxygen atoms in total. The van der Waals surface area contributed by atoms with Crippen LogP contribution in [0.4, 0.5) is 5.13 Å². The monoisotopic (exact) mass is 454 g/mol. The molecule has 1 saturated heterocycles. The van der Waals surface area contributed by atoms with Crippen molar-refractivity contribution < 1.29 is 13.2 Å². The van der Waals surface area contributed by atoms with Crippen molar-refractivity contribution in [2.24, 2.45) is 0 Å². The highest BCUT2D eigenvalue weighted by Gasteiger charge is 2.23. The molecule has 10 heteroatoms. The SMILES string of the molecule is C=C(CCN1CCN(S(C)(=O)=O)CC1)C(=O)Nc1nc(-c2ccccc2Cl)cs1. The van der Waals surface area contributed by atoms with Gasteiger partial charge in [-0.05, 0) is 12.5 Å². The van der Waals surface area contributed by atoms with Crippen molar-refractivity contribution in [2.75, 3.05) is 44.3 Å². The maximum atomic E-state index is 12.4. The Morgan fingerprint density at radius 2 is 1.97 bits per heavy atom. The van der Waals surface area contributed by atoms with Gasteiger partial charge in [0.25, 0.3) is 5.91 Å². The third kappa shape index (κ3) is 5.86. The number of halogens is 1. The quantitative estimate of drug-likeness (QED) is 0.650. The van der Waals surface area contributed by atoms with Gasteiger partial charge in [-0.3, -0.25) is 10.1 Å². The maximum Gasteiger partial charge on any atom is 0.252 e. The molecule has 1 aliphatic heterocycles.